The minimum atomic E-state index is -0.193. The molecule has 0 spiro atoms. The number of halogens is 1. The first kappa shape index (κ1) is 16.9. The van der Waals surface area contributed by atoms with Gasteiger partial charge in [-0.2, -0.15) is 4.98 Å². The van der Waals surface area contributed by atoms with Gasteiger partial charge in [-0.05, 0) is 37.5 Å². The van der Waals surface area contributed by atoms with Crippen molar-refractivity contribution in [2.75, 3.05) is 13.6 Å². The molecule has 6 nitrogen and oxygen atoms in total. The van der Waals surface area contributed by atoms with Gasteiger partial charge in [-0.3, -0.25) is 4.99 Å². The minimum Gasteiger partial charge on any atom is -0.356 e. The SMILES string of the molecule is CN=C(NCCCc1nc(C)no1)NCc1ccc(C)c(F)c1. The van der Waals surface area contributed by atoms with Crippen molar-refractivity contribution < 1.29 is 8.91 Å². The number of hydrogen-bond donors (Lipinski definition) is 2. The van der Waals surface area contributed by atoms with E-state index < -0.39 is 0 Å². The number of aryl methyl sites for hydroxylation is 3. The van der Waals surface area contributed by atoms with E-state index in [2.05, 4.69) is 25.8 Å². The Bertz CT molecular complexity index is 668. The van der Waals surface area contributed by atoms with Crippen LogP contribution in [0.5, 0.6) is 0 Å². The van der Waals surface area contributed by atoms with Gasteiger partial charge >= 0.3 is 0 Å². The average molecular weight is 319 g/mol. The largest absolute Gasteiger partial charge is 0.356 e. The van der Waals surface area contributed by atoms with Crippen molar-refractivity contribution in [3.8, 4) is 0 Å². The van der Waals surface area contributed by atoms with Crippen LogP contribution in [0.25, 0.3) is 0 Å². The van der Waals surface area contributed by atoms with Crippen molar-refractivity contribution in [3.63, 3.8) is 0 Å². The van der Waals surface area contributed by atoms with Crippen LogP contribution < -0.4 is 10.6 Å². The molecule has 1 heterocycles. The van der Waals surface area contributed by atoms with E-state index in [1.165, 1.54) is 6.07 Å². The van der Waals surface area contributed by atoms with Gasteiger partial charge in [0.05, 0.1) is 0 Å². The standard InChI is InChI=1S/C16H22FN5O/c1-11-6-7-13(9-14(11)17)10-20-16(18-3)19-8-4-5-15-21-12(2)22-23-15/h6-7,9H,4-5,8,10H2,1-3H3,(H2,18,19,20). The molecule has 0 fully saturated rings. The molecule has 2 aromatic rings. The normalized spacial score (nSPS) is 11.6. The highest BCUT2D eigenvalue weighted by atomic mass is 19.1. The number of rotatable bonds is 6. The first-order chi connectivity index (χ1) is 11.1. The van der Waals surface area contributed by atoms with Crippen LogP contribution in [0.2, 0.25) is 0 Å². The number of aromatic nitrogens is 2. The third-order valence-corrected chi connectivity index (χ3v) is 3.35. The van der Waals surface area contributed by atoms with Crippen molar-refractivity contribution in [3.05, 3.63) is 46.9 Å². The van der Waals surface area contributed by atoms with Crippen LogP contribution in [0.4, 0.5) is 4.39 Å². The number of nitrogens with zero attached hydrogens (tertiary/aromatic N) is 3. The second-order valence-corrected chi connectivity index (χ2v) is 5.27. The molecule has 0 saturated heterocycles. The molecule has 0 atom stereocenters. The Hall–Kier alpha value is -2.44. The van der Waals surface area contributed by atoms with Crippen molar-refractivity contribution >= 4 is 5.96 Å². The zero-order chi connectivity index (χ0) is 16.7. The summed E-state index contributed by atoms with van der Waals surface area (Å²) in [6.07, 6.45) is 1.56. The lowest BCUT2D eigenvalue weighted by Crippen LogP contribution is -2.37. The summed E-state index contributed by atoms with van der Waals surface area (Å²) < 4.78 is 18.6. The quantitative estimate of drug-likeness (QED) is 0.485. The average Bonchev–Trinajstić information content (AvgIpc) is 2.95. The topological polar surface area (TPSA) is 75.3 Å². The third kappa shape index (κ3) is 5.36. The van der Waals surface area contributed by atoms with Crippen molar-refractivity contribution in [1.82, 2.24) is 20.8 Å². The molecule has 0 saturated carbocycles. The second-order valence-electron chi connectivity index (χ2n) is 5.27. The number of hydrogen-bond acceptors (Lipinski definition) is 4. The second kappa shape index (κ2) is 8.26. The number of nitrogens with one attached hydrogen (secondary N) is 2. The third-order valence-electron chi connectivity index (χ3n) is 3.35. The van der Waals surface area contributed by atoms with E-state index in [9.17, 15) is 4.39 Å². The van der Waals surface area contributed by atoms with Crippen LogP contribution in [0.1, 0.15) is 29.3 Å². The van der Waals surface area contributed by atoms with Crippen LogP contribution in [0, 0.1) is 19.7 Å². The van der Waals surface area contributed by atoms with Gasteiger partial charge in [0.25, 0.3) is 0 Å². The summed E-state index contributed by atoms with van der Waals surface area (Å²) in [7, 11) is 1.70. The van der Waals surface area contributed by atoms with Crippen LogP contribution in [-0.2, 0) is 13.0 Å². The molecule has 1 aromatic heterocycles. The van der Waals surface area contributed by atoms with Gasteiger partial charge in [-0.1, -0.05) is 17.3 Å². The lowest BCUT2D eigenvalue weighted by atomic mass is 10.1. The summed E-state index contributed by atoms with van der Waals surface area (Å²) in [6.45, 7) is 4.78. The maximum Gasteiger partial charge on any atom is 0.226 e. The Labute approximate surface area is 135 Å². The van der Waals surface area contributed by atoms with E-state index in [0.29, 0.717) is 36.2 Å². The number of benzene rings is 1. The molecule has 0 aliphatic carbocycles. The Balaban J connectivity index is 1.71. The number of guanidine groups is 1. The van der Waals surface area contributed by atoms with Crippen molar-refractivity contribution in [1.29, 1.82) is 0 Å². The predicted octanol–water partition coefficient (Wildman–Crippen LogP) is 2.12. The summed E-state index contributed by atoms with van der Waals surface area (Å²) in [5.74, 6) is 1.77. The molecule has 2 rings (SSSR count). The van der Waals surface area contributed by atoms with Crippen LogP contribution >= 0.6 is 0 Å². The lowest BCUT2D eigenvalue weighted by molar-refractivity contribution is 0.372. The molecule has 124 valence electrons. The van der Waals surface area contributed by atoms with Gasteiger partial charge in [-0.15, -0.1) is 0 Å². The highest BCUT2D eigenvalue weighted by Gasteiger charge is 2.04. The molecule has 0 aliphatic heterocycles. The van der Waals surface area contributed by atoms with E-state index >= 15 is 0 Å². The van der Waals surface area contributed by atoms with Gasteiger partial charge in [0, 0.05) is 26.6 Å². The zero-order valence-corrected chi connectivity index (χ0v) is 13.7. The molecular formula is C16H22FN5O. The van der Waals surface area contributed by atoms with E-state index in [-0.39, 0.29) is 5.82 Å². The van der Waals surface area contributed by atoms with E-state index in [1.807, 2.05) is 6.07 Å². The maximum absolute atomic E-state index is 13.5. The molecular weight excluding hydrogens is 297 g/mol. The first-order valence-electron chi connectivity index (χ1n) is 7.57. The summed E-state index contributed by atoms with van der Waals surface area (Å²) in [6, 6.07) is 5.21. The highest BCUT2D eigenvalue weighted by Crippen LogP contribution is 2.08. The maximum atomic E-state index is 13.5. The van der Waals surface area contributed by atoms with E-state index in [4.69, 9.17) is 4.52 Å². The Morgan fingerprint density at radius 2 is 2.13 bits per heavy atom. The molecule has 2 N–H and O–H groups in total. The monoisotopic (exact) mass is 319 g/mol. The van der Waals surface area contributed by atoms with Crippen LogP contribution in [0.15, 0.2) is 27.7 Å². The summed E-state index contributed by atoms with van der Waals surface area (Å²) in [5, 5.41) is 10.1. The van der Waals surface area contributed by atoms with E-state index in [1.54, 1.807) is 27.0 Å². The van der Waals surface area contributed by atoms with Gasteiger partial charge in [-0.25, -0.2) is 4.39 Å². The molecule has 0 radical (unpaired) electrons. The molecule has 23 heavy (non-hydrogen) atoms. The summed E-state index contributed by atoms with van der Waals surface area (Å²) in [5.41, 5.74) is 1.52. The minimum absolute atomic E-state index is 0.193. The fourth-order valence-corrected chi connectivity index (χ4v) is 2.04. The Morgan fingerprint density at radius 3 is 2.78 bits per heavy atom. The fraction of sp³-hybridized carbons (Fsp3) is 0.438. The molecule has 0 aliphatic rings. The van der Waals surface area contributed by atoms with Gasteiger partial charge in [0.2, 0.25) is 5.89 Å². The molecule has 0 unspecified atom stereocenters. The summed E-state index contributed by atoms with van der Waals surface area (Å²) in [4.78, 5) is 8.29. The van der Waals surface area contributed by atoms with Crippen LogP contribution in [-0.4, -0.2) is 29.7 Å². The predicted molar refractivity (Wildman–Crippen MR) is 86.7 cm³/mol. The van der Waals surface area contributed by atoms with Gasteiger partial charge in [0.15, 0.2) is 11.8 Å². The Morgan fingerprint density at radius 1 is 1.30 bits per heavy atom. The zero-order valence-electron chi connectivity index (χ0n) is 13.7. The molecule has 0 bridgehead atoms. The lowest BCUT2D eigenvalue weighted by Gasteiger charge is -2.12. The van der Waals surface area contributed by atoms with Crippen LogP contribution in [0.3, 0.4) is 0 Å². The van der Waals surface area contributed by atoms with Gasteiger partial charge in [0.1, 0.15) is 5.82 Å². The van der Waals surface area contributed by atoms with E-state index in [0.717, 1.165) is 18.5 Å². The Kier molecular flexibility index (Phi) is 6.08. The van der Waals surface area contributed by atoms with Gasteiger partial charge < -0.3 is 15.2 Å². The number of aliphatic imine (C=N–C) groups is 1. The van der Waals surface area contributed by atoms with Crippen molar-refractivity contribution in [2.24, 2.45) is 4.99 Å². The smallest absolute Gasteiger partial charge is 0.226 e. The molecule has 7 heteroatoms. The fourth-order valence-electron chi connectivity index (χ4n) is 2.04. The molecule has 0 amide bonds. The highest BCUT2D eigenvalue weighted by molar-refractivity contribution is 5.79. The first-order valence-corrected chi connectivity index (χ1v) is 7.57. The summed E-state index contributed by atoms with van der Waals surface area (Å²) >= 11 is 0. The van der Waals surface area contributed by atoms with Crippen molar-refractivity contribution in [2.45, 2.75) is 33.2 Å². The molecule has 1 aromatic carbocycles.